The number of halogens is 1. The van der Waals surface area contributed by atoms with Crippen LogP contribution in [0.2, 0.25) is 0 Å². The largest absolute Gasteiger partial charge is 0.465 e. The molecule has 14 heavy (non-hydrogen) atoms. The number of methoxy groups -OCH3 is 1. The van der Waals surface area contributed by atoms with Crippen LogP contribution in [-0.2, 0) is 19.1 Å². The first-order valence-corrected chi connectivity index (χ1v) is 4.43. The maximum Gasteiger partial charge on any atom is 0.351 e. The van der Waals surface area contributed by atoms with E-state index in [1.54, 1.807) is 0 Å². The zero-order valence-electron chi connectivity index (χ0n) is 7.45. The average molecular weight is 218 g/mol. The van der Waals surface area contributed by atoms with Crippen LogP contribution in [0.3, 0.4) is 0 Å². The van der Waals surface area contributed by atoms with E-state index in [0.717, 1.165) is 0 Å². The van der Waals surface area contributed by atoms with Gasteiger partial charge in [-0.3, -0.25) is 9.69 Å². The fourth-order valence-corrected chi connectivity index (χ4v) is 1.69. The van der Waals surface area contributed by atoms with E-state index in [-0.39, 0.29) is 23.8 Å². The number of β-lactam (4-membered cyclic amide) rings is 1. The molecule has 2 rings (SSSR count). The number of hydrogen-bond acceptors (Lipinski definition) is 4. The van der Waals surface area contributed by atoms with E-state index >= 15 is 0 Å². The summed E-state index contributed by atoms with van der Waals surface area (Å²) in [7, 11) is 1.23. The van der Waals surface area contributed by atoms with Gasteiger partial charge in [-0.05, 0) is 0 Å². The Morgan fingerprint density at radius 2 is 2.43 bits per heavy atom. The molecule has 76 valence electrons. The van der Waals surface area contributed by atoms with Crippen molar-refractivity contribution in [3.63, 3.8) is 0 Å². The third kappa shape index (κ3) is 1.20. The molecule has 0 N–H and O–H groups in total. The van der Waals surface area contributed by atoms with E-state index in [4.69, 9.17) is 16.3 Å². The average Bonchev–Trinajstić information content (AvgIpc) is 2.52. The maximum absolute atomic E-state index is 11.1. The van der Waals surface area contributed by atoms with Crippen molar-refractivity contribution in [2.24, 2.45) is 0 Å². The fraction of sp³-hybridized carbons (Fsp3) is 0.500. The highest BCUT2D eigenvalue weighted by atomic mass is 35.5. The SMILES string of the molecule is COC(=O)/C(Cl)=C1\COC2CC(=O)N12. The molecular formula is C8H8ClNO4. The van der Waals surface area contributed by atoms with Gasteiger partial charge in [-0.25, -0.2) is 4.79 Å². The van der Waals surface area contributed by atoms with Gasteiger partial charge in [0, 0.05) is 0 Å². The first-order chi connectivity index (χ1) is 6.65. The predicted octanol–water partition coefficient (Wildman–Crippen LogP) is 0.198. The molecule has 1 atom stereocenters. The molecule has 0 aliphatic carbocycles. The molecule has 2 aliphatic rings. The van der Waals surface area contributed by atoms with E-state index < -0.39 is 5.97 Å². The van der Waals surface area contributed by atoms with Gasteiger partial charge in [0.1, 0.15) is 11.3 Å². The standard InChI is InChI=1S/C8H8ClNO4/c1-13-8(12)7(9)4-3-14-6-2-5(11)10(4)6/h6H,2-3H2,1H3/b7-4-. The molecule has 0 aromatic heterocycles. The highest BCUT2D eigenvalue weighted by Crippen LogP contribution is 2.34. The van der Waals surface area contributed by atoms with Crippen molar-refractivity contribution in [2.75, 3.05) is 13.7 Å². The fourth-order valence-electron chi connectivity index (χ4n) is 1.47. The normalized spacial score (nSPS) is 28.3. The second-order valence-corrected chi connectivity index (χ2v) is 3.36. The lowest BCUT2D eigenvalue weighted by atomic mass is 10.1. The lowest BCUT2D eigenvalue weighted by molar-refractivity contribution is -0.153. The van der Waals surface area contributed by atoms with Crippen LogP contribution in [0.25, 0.3) is 0 Å². The molecule has 1 unspecified atom stereocenters. The number of esters is 1. The van der Waals surface area contributed by atoms with E-state index in [0.29, 0.717) is 12.1 Å². The van der Waals surface area contributed by atoms with Crippen LogP contribution in [0.4, 0.5) is 0 Å². The lowest BCUT2D eigenvalue weighted by Gasteiger charge is -2.32. The minimum absolute atomic E-state index is 0.0791. The van der Waals surface area contributed by atoms with E-state index in [2.05, 4.69) is 4.74 Å². The third-order valence-corrected chi connectivity index (χ3v) is 2.60. The van der Waals surface area contributed by atoms with Crippen molar-refractivity contribution < 1.29 is 19.1 Å². The predicted molar refractivity (Wildman–Crippen MR) is 46.1 cm³/mol. The topological polar surface area (TPSA) is 55.8 Å². The van der Waals surface area contributed by atoms with Gasteiger partial charge >= 0.3 is 5.97 Å². The van der Waals surface area contributed by atoms with Crippen molar-refractivity contribution in [3.05, 3.63) is 10.7 Å². The molecule has 0 aromatic rings. The second kappa shape index (κ2) is 3.25. The first kappa shape index (κ1) is 9.48. The monoisotopic (exact) mass is 217 g/mol. The Hall–Kier alpha value is -1.07. The summed E-state index contributed by atoms with van der Waals surface area (Å²) in [6.45, 7) is 0.185. The molecule has 0 bridgehead atoms. The van der Waals surface area contributed by atoms with Crippen LogP contribution in [-0.4, -0.2) is 36.7 Å². The molecule has 1 amide bonds. The summed E-state index contributed by atoms with van der Waals surface area (Å²) in [6, 6.07) is 0. The van der Waals surface area contributed by atoms with Gasteiger partial charge in [0.2, 0.25) is 5.91 Å². The number of carbonyl (C=O) groups excluding carboxylic acids is 2. The summed E-state index contributed by atoms with van der Waals surface area (Å²) in [6.07, 6.45) is 0.116. The number of hydrogen-bond donors (Lipinski definition) is 0. The second-order valence-electron chi connectivity index (χ2n) is 2.99. The van der Waals surface area contributed by atoms with Crippen LogP contribution in [0, 0.1) is 0 Å². The molecule has 2 fully saturated rings. The summed E-state index contributed by atoms with van der Waals surface area (Å²) in [4.78, 5) is 23.6. The van der Waals surface area contributed by atoms with Crippen molar-refractivity contribution in [1.82, 2.24) is 4.90 Å². The summed E-state index contributed by atoms with van der Waals surface area (Å²) in [5.74, 6) is -0.727. The van der Waals surface area contributed by atoms with Crippen LogP contribution < -0.4 is 0 Å². The van der Waals surface area contributed by atoms with Gasteiger partial charge in [-0.15, -0.1) is 0 Å². The number of fused-ring (bicyclic) bond motifs is 1. The summed E-state index contributed by atoms with van der Waals surface area (Å²) < 4.78 is 9.65. The summed E-state index contributed by atoms with van der Waals surface area (Å²) in [5.41, 5.74) is 0.403. The molecule has 5 nitrogen and oxygen atoms in total. The van der Waals surface area contributed by atoms with Gasteiger partial charge in [-0.2, -0.15) is 0 Å². The van der Waals surface area contributed by atoms with E-state index in [1.807, 2.05) is 0 Å². The molecule has 0 aromatic carbocycles. The Morgan fingerprint density at radius 1 is 1.71 bits per heavy atom. The van der Waals surface area contributed by atoms with Gasteiger partial charge in [0.05, 0.1) is 25.8 Å². The lowest BCUT2D eigenvalue weighted by Crippen LogP contribution is -2.48. The molecule has 2 heterocycles. The summed E-state index contributed by atoms with van der Waals surface area (Å²) >= 11 is 5.73. The number of nitrogens with zero attached hydrogens (tertiary/aromatic N) is 1. The van der Waals surface area contributed by atoms with Gasteiger partial charge in [0.15, 0.2) is 0 Å². The van der Waals surface area contributed by atoms with Crippen molar-refractivity contribution >= 4 is 23.5 Å². The number of amides is 1. The van der Waals surface area contributed by atoms with E-state index in [1.165, 1.54) is 12.0 Å². The van der Waals surface area contributed by atoms with Crippen molar-refractivity contribution in [2.45, 2.75) is 12.6 Å². The van der Waals surface area contributed by atoms with Gasteiger partial charge < -0.3 is 9.47 Å². The van der Waals surface area contributed by atoms with Gasteiger partial charge in [0.25, 0.3) is 0 Å². The Kier molecular flexibility index (Phi) is 2.20. The Morgan fingerprint density at radius 3 is 3.00 bits per heavy atom. The summed E-state index contributed by atoms with van der Waals surface area (Å²) in [5, 5.41) is -0.0805. The smallest absolute Gasteiger partial charge is 0.351 e. The Labute approximate surface area is 85.2 Å². The molecule has 6 heteroatoms. The number of ether oxygens (including phenoxy) is 2. The highest BCUT2D eigenvalue weighted by molar-refractivity contribution is 6.41. The zero-order chi connectivity index (χ0) is 10.3. The first-order valence-electron chi connectivity index (χ1n) is 4.05. The molecule has 2 aliphatic heterocycles. The molecular weight excluding hydrogens is 210 g/mol. The third-order valence-electron chi connectivity index (χ3n) is 2.23. The van der Waals surface area contributed by atoms with Crippen molar-refractivity contribution in [3.8, 4) is 0 Å². The van der Waals surface area contributed by atoms with Crippen molar-refractivity contribution in [1.29, 1.82) is 0 Å². The minimum atomic E-state index is -0.648. The minimum Gasteiger partial charge on any atom is -0.465 e. The van der Waals surface area contributed by atoms with Crippen LogP contribution in [0.15, 0.2) is 10.7 Å². The molecule has 0 spiro atoms. The Bertz CT molecular complexity index is 338. The quantitative estimate of drug-likeness (QED) is 0.358. The number of carbonyl (C=O) groups is 2. The zero-order valence-corrected chi connectivity index (χ0v) is 8.21. The number of rotatable bonds is 1. The van der Waals surface area contributed by atoms with Crippen LogP contribution in [0.1, 0.15) is 6.42 Å². The molecule has 0 radical (unpaired) electrons. The van der Waals surface area contributed by atoms with E-state index in [9.17, 15) is 9.59 Å². The Balaban J connectivity index is 2.26. The molecule has 2 saturated heterocycles. The van der Waals surface area contributed by atoms with Gasteiger partial charge in [-0.1, -0.05) is 11.6 Å². The van der Waals surface area contributed by atoms with Crippen LogP contribution in [0.5, 0.6) is 0 Å². The maximum atomic E-state index is 11.1. The molecule has 0 saturated carbocycles. The van der Waals surface area contributed by atoms with Crippen LogP contribution >= 0.6 is 11.6 Å². The highest BCUT2D eigenvalue weighted by Gasteiger charge is 2.46.